The van der Waals surface area contributed by atoms with E-state index in [1.54, 1.807) is 0 Å². The van der Waals surface area contributed by atoms with Crippen molar-refractivity contribution in [2.75, 3.05) is 18.4 Å². The first-order valence-electron chi connectivity index (χ1n) is 10.6. The minimum absolute atomic E-state index is 0.125. The van der Waals surface area contributed by atoms with Crippen LogP contribution in [0, 0.1) is 5.41 Å². The van der Waals surface area contributed by atoms with E-state index >= 15 is 0 Å². The molecule has 6 nitrogen and oxygen atoms in total. The van der Waals surface area contributed by atoms with Crippen molar-refractivity contribution in [3.05, 3.63) is 41.3 Å². The molecule has 0 bridgehead atoms. The molecule has 1 saturated carbocycles. The summed E-state index contributed by atoms with van der Waals surface area (Å²) in [5.41, 5.74) is 3.41. The molecule has 2 heterocycles. The lowest BCUT2D eigenvalue weighted by atomic mass is 9.93. The summed E-state index contributed by atoms with van der Waals surface area (Å²) >= 11 is 0. The zero-order valence-electron chi connectivity index (χ0n) is 16.5. The van der Waals surface area contributed by atoms with Gasteiger partial charge < -0.3 is 14.6 Å². The Morgan fingerprint density at radius 1 is 1.25 bits per heavy atom. The van der Waals surface area contributed by atoms with Crippen LogP contribution in [0.15, 0.2) is 28.7 Å². The average molecular weight is 380 g/mol. The molecular formula is C22H28N4O2. The molecule has 0 unspecified atom stereocenters. The van der Waals surface area contributed by atoms with Crippen molar-refractivity contribution in [1.29, 1.82) is 0 Å². The number of aryl methyl sites for hydroxylation is 1. The monoisotopic (exact) mass is 380 g/mol. The van der Waals surface area contributed by atoms with Crippen LogP contribution in [0.5, 0.6) is 0 Å². The van der Waals surface area contributed by atoms with Crippen molar-refractivity contribution in [1.82, 2.24) is 15.1 Å². The van der Waals surface area contributed by atoms with Gasteiger partial charge in [0.2, 0.25) is 11.8 Å². The Labute approximate surface area is 165 Å². The number of hydrogen-bond acceptors (Lipinski definition) is 5. The number of carbonyl (C=O) groups excluding carboxylic acids is 1. The Hall–Kier alpha value is -2.37. The smallest absolute Gasteiger partial charge is 0.316 e. The fourth-order valence-corrected chi connectivity index (χ4v) is 4.86. The van der Waals surface area contributed by atoms with Gasteiger partial charge in [-0.05, 0) is 67.9 Å². The minimum atomic E-state index is -0.353. The highest BCUT2D eigenvalue weighted by atomic mass is 16.4. The van der Waals surface area contributed by atoms with Gasteiger partial charge in [0.1, 0.15) is 6.04 Å². The molecule has 28 heavy (non-hydrogen) atoms. The molecule has 1 spiro atoms. The van der Waals surface area contributed by atoms with Crippen molar-refractivity contribution in [3.8, 4) is 0 Å². The van der Waals surface area contributed by atoms with Gasteiger partial charge in [0.25, 0.3) is 0 Å². The van der Waals surface area contributed by atoms with E-state index in [-0.39, 0.29) is 11.9 Å². The summed E-state index contributed by atoms with van der Waals surface area (Å²) in [6.07, 6.45) is 7.98. The van der Waals surface area contributed by atoms with E-state index in [4.69, 9.17) is 4.42 Å². The summed E-state index contributed by atoms with van der Waals surface area (Å²) < 4.78 is 5.81. The third-order valence-corrected chi connectivity index (χ3v) is 6.95. The van der Waals surface area contributed by atoms with Crippen molar-refractivity contribution in [2.24, 2.45) is 5.41 Å². The highest BCUT2D eigenvalue weighted by Gasteiger charge is 2.45. The number of benzene rings is 1. The van der Waals surface area contributed by atoms with Crippen LogP contribution in [0.1, 0.15) is 62.0 Å². The molecule has 1 aliphatic heterocycles. The number of hydrogen-bond donors (Lipinski definition) is 1. The van der Waals surface area contributed by atoms with E-state index in [0.29, 0.717) is 23.2 Å². The van der Waals surface area contributed by atoms with Crippen molar-refractivity contribution < 1.29 is 9.21 Å². The lowest BCUT2D eigenvalue weighted by Gasteiger charge is -2.33. The molecule has 2 aliphatic carbocycles. The molecule has 1 N–H and O–H groups in total. The molecule has 5 rings (SSSR count). The Morgan fingerprint density at radius 2 is 2.04 bits per heavy atom. The van der Waals surface area contributed by atoms with Crippen molar-refractivity contribution in [2.45, 2.75) is 63.8 Å². The SMILES string of the molecule is C[C@H](Nc1nnc(C[C@@H]2CCc3ccccc32)o1)C(=O)N1CCC2(CC1)CC2. The van der Waals surface area contributed by atoms with E-state index in [1.807, 2.05) is 11.8 Å². The largest absolute Gasteiger partial charge is 0.408 e. The number of likely N-dealkylation sites (tertiary alicyclic amines) is 1. The van der Waals surface area contributed by atoms with Gasteiger partial charge in [0, 0.05) is 19.5 Å². The van der Waals surface area contributed by atoms with Gasteiger partial charge in [-0.15, -0.1) is 5.10 Å². The number of nitrogens with one attached hydrogen (secondary N) is 1. The third-order valence-electron chi connectivity index (χ3n) is 6.95. The number of anilines is 1. The van der Waals surface area contributed by atoms with Crippen molar-refractivity contribution in [3.63, 3.8) is 0 Å². The molecule has 1 aromatic heterocycles. The second-order valence-corrected chi connectivity index (χ2v) is 8.83. The normalized spacial score (nSPS) is 23.5. The lowest BCUT2D eigenvalue weighted by Crippen LogP contribution is -2.45. The molecular weight excluding hydrogens is 352 g/mol. The summed E-state index contributed by atoms with van der Waals surface area (Å²) in [4.78, 5) is 14.7. The number of piperidine rings is 1. The summed E-state index contributed by atoms with van der Waals surface area (Å²) in [6.45, 7) is 3.63. The Morgan fingerprint density at radius 3 is 2.82 bits per heavy atom. The zero-order valence-corrected chi connectivity index (χ0v) is 16.5. The predicted molar refractivity (Wildman–Crippen MR) is 106 cm³/mol. The van der Waals surface area contributed by atoms with Gasteiger partial charge >= 0.3 is 6.01 Å². The maximum Gasteiger partial charge on any atom is 0.316 e. The van der Waals surface area contributed by atoms with Crippen LogP contribution < -0.4 is 5.32 Å². The molecule has 1 saturated heterocycles. The topological polar surface area (TPSA) is 71.3 Å². The first kappa shape index (κ1) is 17.7. The molecule has 3 aliphatic rings. The summed E-state index contributed by atoms with van der Waals surface area (Å²) in [6, 6.07) is 8.59. The Kier molecular flexibility index (Phi) is 4.37. The fraction of sp³-hybridized carbons (Fsp3) is 0.591. The quantitative estimate of drug-likeness (QED) is 0.859. The van der Waals surface area contributed by atoms with E-state index in [9.17, 15) is 4.79 Å². The van der Waals surface area contributed by atoms with Gasteiger partial charge in [-0.25, -0.2) is 0 Å². The average Bonchev–Trinajstić information content (AvgIpc) is 3.13. The van der Waals surface area contributed by atoms with E-state index in [0.717, 1.165) is 45.2 Å². The Bertz CT molecular complexity index is 863. The zero-order chi connectivity index (χ0) is 19.1. The fourth-order valence-electron chi connectivity index (χ4n) is 4.86. The maximum absolute atomic E-state index is 12.7. The molecule has 148 valence electrons. The van der Waals surface area contributed by atoms with Gasteiger partial charge in [-0.3, -0.25) is 4.79 Å². The van der Waals surface area contributed by atoms with Crippen LogP contribution in [0.3, 0.4) is 0 Å². The number of aromatic nitrogens is 2. The van der Waals surface area contributed by atoms with Gasteiger partial charge in [0.05, 0.1) is 0 Å². The van der Waals surface area contributed by atoms with Crippen molar-refractivity contribution >= 4 is 11.9 Å². The van der Waals surface area contributed by atoms with E-state index in [1.165, 1.54) is 24.0 Å². The van der Waals surface area contributed by atoms with Crippen LogP contribution in [-0.2, 0) is 17.6 Å². The second-order valence-electron chi connectivity index (χ2n) is 8.83. The molecule has 1 aromatic carbocycles. The van der Waals surface area contributed by atoms with Gasteiger partial charge in [0.15, 0.2) is 0 Å². The molecule has 2 atom stereocenters. The number of carbonyl (C=O) groups is 1. The summed E-state index contributed by atoms with van der Waals surface area (Å²) in [7, 11) is 0. The molecule has 2 aromatic rings. The van der Waals surface area contributed by atoms with Crippen LogP contribution >= 0.6 is 0 Å². The maximum atomic E-state index is 12.7. The number of nitrogens with zero attached hydrogens (tertiary/aromatic N) is 3. The first-order valence-corrected chi connectivity index (χ1v) is 10.6. The summed E-state index contributed by atoms with van der Waals surface area (Å²) in [5, 5.41) is 11.4. The second kappa shape index (κ2) is 6.90. The highest BCUT2D eigenvalue weighted by Crippen LogP contribution is 2.53. The molecule has 2 fully saturated rings. The van der Waals surface area contributed by atoms with Crippen LogP contribution in [0.4, 0.5) is 6.01 Å². The number of rotatable bonds is 5. The van der Waals surface area contributed by atoms with Gasteiger partial charge in [-0.1, -0.05) is 29.4 Å². The first-order chi connectivity index (χ1) is 13.6. The number of fused-ring (bicyclic) bond motifs is 1. The standard InChI is InChI=1S/C22H28N4O2/c1-15(20(27)26-12-10-22(8-9-22)11-13-26)23-21-25-24-19(28-21)14-17-7-6-16-4-2-3-5-18(16)17/h2-5,15,17H,6-14H2,1H3,(H,23,25)/t15-,17-/m0/s1. The molecule has 0 radical (unpaired) electrons. The summed E-state index contributed by atoms with van der Waals surface area (Å²) in [5.74, 6) is 1.20. The van der Waals surface area contributed by atoms with Crippen LogP contribution in [-0.4, -0.2) is 40.1 Å². The predicted octanol–water partition coefficient (Wildman–Crippen LogP) is 3.55. The van der Waals surface area contributed by atoms with Crippen LogP contribution in [0.25, 0.3) is 0 Å². The lowest BCUT2D eigenvalue weighted by molar-refractivity contribution is -0.133. The van der Waals surface area contributed by atoms with Gasteiger partial charge in [-0.2, -0.15) is 0 Å². The van der Waals surface area contributed by atoms with E-state index < -0.39 is 0 Å². The van der Waals surface area contributed by atoms with Crippen LogP contribution in [0.2, 0.25) is 0 Å². The third kappa shape index (κ3) is 3.40. The molecule has 1 amide bonds. The number of amides is 1. The highest BCUT2D eigenvalue weighted by molar-refractivity contribution is 5.83. The molecule has 6 heteroatoms. The van der Waals surface area contributed by atoms with E-state index in [2.05, 4.69) is 39.8 Å². The minimum Gasteiger partial charge on any atom is -0.408 e. The Balaban J connectivity index is 1.17.